The van der Waals surface area contributed by atoms with Crippen LogP contribution in [0, 0.1) is 0 Å². The van der Waals surface area contributed by atoms with Gasteiger partial charge in [-0.05, 0) is 22.6 Å². The summed E-state index contributed by atoms with van der Waals surface area (Å²) in [5.74, 6) is 0.876. The van der Waals surface area contributed by atoms with Crippen LogP contribution in [0.25, 0.3) is 5.69 Å². The maximum absolute atomic E-state index is 4.01. The monoisotopic (exact) mass is 204 g/mol. The van der Waals surface area contributed by atoms with Gasteiger partial charge in [0.05, 0.1) is 19.8 Å². The summed E-state index contributed by atoms with van der Waals surface area (Å²) in [5.41, 5.74) is 0.999. The third kappa shape index (κ3) is 2.19. The van der Waals surface area contributed by atoms with Crippen molar-refractivity contribution in [1.29, 1.82) is 0 Å². The molecule has 0 saturated heterocycles. The Bertz CT molecular complexity index is 420. The smallest absolute Gasteiger partial charge is 0.210 e. The number of tetrazole rings is 1. The minimum Gasteiger partial charge on any atom is -0.333 e. The Labute approximate surface area is 88.3 Å². The predicted octanol–water partition coefficient (Wildman–Crippen LogP) is -0.693. The van der Waals surface area contributed by atoms with Crippen molar-refractivity contribution in [1.82, 2.24) is 20.2 Å². The zero-order valence-corrected chi connectivity index (χ0v) is 8.88. The Morgan fingerprint density at radius 2 is 1.93 bits per heavy atom. The molecule has 1 heterocycles. The molecule has 0 fully saturated rings. The minimum absolute atomic E-state index is 0.807. The SMILES string of the molecule is C[NH+](C)Cc1nnnn1-c1ccccc1. The van der Waals surface area contributed by atoms with Crippen LogP contribution in [0.4, 0.5) is 0 Å². The topological polar surface area (TPSA) is 48.0 Å². The van der Waals surface area contributed by atoms with E-state index < -0.39 is 0 Å². The average molecular weight is 204 g/mol. The molecule has 5 heteroatoms. The van der Waals surface area contributed by atoms with E-state index in [1.54, 1.807) is 4.68 Å². The van der Waals surface area contributed by atoms with E-state index in [1.807, 2.05) is 30.3 Å². The Hall–Kier alpha value is -1.75. The molecular weight excluding hydrogens is 190 g/mol. The number of hydrogen-bond acceptors (Lipinski definition) is 3. The van der Waals surface area contributed by atoms with E-state index in [0.29, 0.717) is 0 Å². The number of para-hydroxylation sites is 1. The van der Waals surface area contributed by atoms with Crippen LogP contribution in [0.1, 0.15) is 5.82 Å². The number of hydrogen-bond donors (Lipinski definition) is 1. The molecule has 2 aromatic rings. The molecule has 0 saturated carbocycles. The number of rotatable bonds is 3. The Morgan fingerprint density at radius 1 is 1.20 bits per heavy atom. The van der Waals surface area contributed by atoms with Crippen molar-refractivity contribution >= 4 is 0 Å². The number of nitrogens with zero attached hydrogens (tertiary/aromatic N) is 4. The largest absolute Gasteiger partial charge is 0.333 e. The Morgan fingerprint density at radius 3 is 2.60 bits per heavy atom. The zero-order valence-electron chi connectivity index (χ0n) is 8.88. The first-order chi connectivity index (χ1) is 7.27. The van der Waals surface area contributed by atoms with Crippen molar-refractivity contribution in [2.45, 2.75) is 6.54 Å². The van der Waals surface area contributed by atoms with Gasteiger partial charge in [-0.1, -0.05) is 18.2 Å². The number of benzene rings is 1. The predicted molar refractivity (Wildman–Crippen MR) is 55.7 cm³/mol. The van der Waals surface area contributed by atoms with Crippen molar-refractivity contribution in [3.8, 4) is 5.69 Å². The average Bonchev–Trinajstić information content (AvgIpc) is 2.66. The lowest BCUT2D eigenvalue weighted by Gasteiger charge is -2.07. The summed E-state index contributed by atoms with van der Waals surface area (Å²) < 4.78 is 1.77. The third-order valence-corrected chi connectivity index (χ3v) is 2.05. The lowest BCUT2D eigenvalue weighted by atomic mass is 10.3. The van der Waals surface area contributed by atoms with E-state index in [4.69, 9.17) is 0 Å². The molecule has 2 rings (SSSR count). The maximum Gasteiger partial charge on any atom is 0.210 e. The highest BCUT2D eigenvalue weighted by Gasteiger charge is 2.10. The van der Waals surface area contributed by atoms with Crippen LogP contribution in [0.15, 0.2) is 30.3 Å². The van der Waals surface area contributed by atoms with Gasteiger partial charge in [-0.25, -0.2) is 0 Å². The quantitative estimate of drug-likeness (QED) is 0.719. The molecular formula is C10H14N5+. The number of nitrogens with one attached hydrogen (secondary N) is 1. The first kappa shape index (κ1) is 9.79. The maximum atomic E-state index is 4.01. The Kier molecular flexibility index (Phi) is 2.73. The van der Waals surface area contributed by atoms with Gasteiger partial charge >= 0.3 is 0 Å². The number of quaternary nitrogens is 1. The van der Waals surface area contributed by atoms with Gasteiger partial charge < -0.3 is 4.90 Å². The molecule has 5 nitrogen and oxygen atoms in total. The van der Waals surface area contributed by atoms with Crippen LogP contribution in [-0.2, 0) is 6.54 Å². The molecule has 0 amide bonds. The van der Waals surface area contributed by atoms with Crippen LogP contribution in [0.2, 0.25) is 0 Å². The molecule has 0 atom stereocenters. The van der Waals surface area contributed by atoms with Crippen LogP contribution >= 0.6 is 0 Å². The highest BCUT2D eigenvalue weighted by Crippen LogP contribution is 2.05. The molecule has 0 aliphatic rings. The summed E-state index contributed by atoms with van der Waals surface area (Å²) in [5, 5.41) is 11.7. The fourth-order valence-electron chi connectivity index (χ4n) is 1.40. The van der Waals surface area contributed by atoms with Crippen molar-refractivity contribution in [3.63, 3.8) is 0 Å². The summed E-state index contributed by atoms with van der Waals surface area (Å²) in [4.78, 5) is 1.29. The summed E-state index contributed by atoms with van der Waals surface area (Å²) in [6.45, 7) is 0.807. The normalized spacial score (nSPS) is 10.9. The van der Waals surface area contributed by atoms with Crippen molar-refractivity contribution < 1.29 is 4.90 Å². The van der Waals surface area contributed by atoms with E-state index >= 15 is 0 Å². The number of aromatic nitrogens is 4. The second kappa shape index (κ2) is 4.18. The lowest BCUT2D eigenvalue weighted by Crippen LogP contribution is -3.04. The van der Waals surface area contributed by atoms with Gasteiger partial charge in [0.25, 0.3) is 0 Å². The molecule has 1 aromatic carbocycles. The summed E-state index contributed by atoms with van der Waals surface area (Å²) in [6.07, 6.45) is 0. The van der Waals surface area contributed by atoms with Crippen molar-refractivity contribution in [2.24, 2.45) is 0 Å². The molecule has 1 aromatic heterocycles. The summed E-state index contributed by atoms with van der Waals surface area (Å²) in [6, 6.07) is 9.91. The second-order valence-corrected chi connectivity index (χ2v) is 3.73. The Balaban J connectivity index is 2.33. The minimum atomic E-state index is 0.807. The van der Waals surface area contributed by atoms with Gasteiger partial charge in [0.1, 0.15) is 6.54 Å². The molecule has 78 valence electrons. The van der Waals surface area contributed by atoms with E-state index in [0.717, 1.165) is 18.1 Å². The molecule has 0 spiro atoms. The highest BCUT2D eigenvalue weighted by atomic mass is 15.5. The molecule has 0 aliphatic heterocycles. The van der Waals surface area contributed by atoms with Gasteiger partial charge in [0, 0.05) is 0 Å². The van der Waals surface area contributed by atoms with Crippen molar-refractivity contribution in [2.75, 3.05) is 14.1 Å². The molecule has 15 heavy (non-hydrogen) atoms. The fourth-order valence-corrected chi connectivity index (χ4v) is 1.40. The molecule has 0 radical (unpaired) electrons. The molecule has 0 bridgehead atoms. The first-order valence-electron chi connectivity index (χ1n) is 4.89. The van der Waals surface area contributed by atoms with Crippen LogP contribution < -0.4 is 4.90 Å². The van der Waals surface area contributed by atoms with Gasteiger partial charge in [0.15, 0.2) is 0 Å². The fraction of sp³-hybridized carbons (Fsp3) is 0.300. The lowest BCUT2D eigenvalue weighted by molar-refractivity contribution is -0.873. The van der Waals surface area contributed by atoms with E-state index in [-0.39, 0.29) is 0 Å². The highest BCUT2D eigenvalue weighted by molar-refractivity contribution is 5.30. The van der Waals surface area contributed by atoms with E-state index in [1.165, 1.54) is 4.90 Å². The second-order valence-electron chi connectivity index (χ2n) is 3.73. The standard InChI is InChI=1S/C10H13N5/c1-14(2)8-10-11-12-13-15(10)9-6-4-3-5-7-9/h3-7H,8H2,1-2H3/p+1. The summed E-state index contributed by atoms with van der Waals surface area (Å²) in [7, 11) is 4.15. The molecule has 0 aliphatic carbocycles. The van der Waals surface area contributed by atoms with Gasteiger partial charge in [-0.15, -0.1) is 5.10 Å². The third-order valence-electron chi connectivity index (χ3n) is 2.05. The van der Waals surface area contributed by atoms with Crippen LogP contribution in [-0.4, -0.2) is 34.3 Å². The van der Waals surface area contributed by atoms with Gasteiger partial charge in [0.2, 0.25) is 5.82 Å². The van der Waals surface area contributed by atoms with Crippen LogP contribution in [0.5, 0.6) is 0 Å². The summed E-state index contributed by atoms with van der Waals surface area (Å²) >= 11 is 0. The first-order valence-corrected chi connectivity index (χ1v) is 4.89. The van der Waals surface area contributed by atoms with Crippen LogP contribution in [0.3, 0.4) is 0 Å². The van der Waals surface area contributed by atoms with E-state index in [9.17, 15) is 0 Å². The van der Waals surface area contributed by atoms with Crippen molar-refractivity contribution in [3.05, 3.63) is 36.2 Å². The van der Waals surface area contributed by atoms with Gasteiger partial charge in [-0.3, -0.25) is 0 Å². The van der Waals surface area contributed by atoms with Gasteiger partial charge in [-0.2, -0.15) is 4.68 Å². The molecule has 0 unspecified atom stereocenters. The van der Waals surface area contributed by atoms with E-state index in [2.05, 4.69) is 29.6 Å². The molecule has 1 N–H and O–H groups in total. The zero-order chi connectivity index (χ0) is 10.7.